The molecule has 2 aromatic rings. The highest BCUT2D eigenvalue weighted by molar-refractivity contribution is 9.10. The Hall–Kier alpha value is -2.69. The minimum Gasteiger partial charge on any atom is -0.482 e. The zero-order valence-corrected chi connectivity index (χ0v) is 15.6. The summed E-state index contributed by atoms with van der Waals surface area (Å²) in [6, 6.07) is 15.7. The van der Waals surface area contributed by atoms with Crippen molar-refractivity contribution >= 4 is 27.5 Å². The van der Waals surface area contributed by atoms with Crippen LogP contribution in [-0.4, -0.2) is 28.3 Å². The maximum atomic E-state index is 12.7. The summed E-state index contributed by atoms with van der Waals surface area (Å²) in [7, 11) is 0. The molecule has 0 spiro atoms. The van der Waals surface area contributed by atoms with Gasteiger partial charge in [0.2, 0.25) is 0 Å². The van der Waals surface area contributed by atoms with E-state index in [1.165, 1.54) is 0 Å². The van der Waals surface area contributed by atoms with E-state index in [-0.39, 0.29) is 13.0 Å². The first-order chi connectivity index (χ1) is 12.4. The number of benzene rings is 2. The van der Waals surface area contributed by atoms with Crippen LogP contribution >= 0.6 is 15.9 Å². The van der Waals surface area contributed by atoms with Crippen molar-refractivity contribution in [2.45, 2.75) is 19.1 Å². The molecule has 0 fully saturated rings. The summed E-state index contributed by atoms with van der Waals surface area (Å²) in [5.74, 6) is -0.185. The first-order valence-electron chi connectivity index (χ1n) is 7.91. The lowest BCUT2D eigenvalue weighted by atomic mass is 9.98. The van der Waals surface area contributed by atoms with E-state index >= 15 is 0 Å². The van der Waals surface area contributed by atoms with Crippen molar-refractivity contribution in [1.29, 1.82) is 5.26 Å². The predicted molar refractivity (Wildman–Crippen MR) is 99.3 cm³/mol. The first kappa shape index (κ1) is 18.1. The summed E-state index contributed by atoms with van der Waals surface area (Å²) >= 11 is 3.35. The van der Waals surface area contributed by atoms with E-state index in [0.29, 0.717) is 22.6 Å². The Balaban J connectivity index is 1.80. The summed E-state index contributed by atoms with van der Waals surface area (Å²) in [6.07, 6.45) is 0.217. The Morgan fingerprint density at radius 1 is 1.35 bits per heavy atom. The molecular weight excluding hydrogens is 398 g/mol. The maximum Gasteiger partial charge on any atom is 0.283 e. The third kappa shape index (κ3) is 3.47. The number of hydrogen-bond acceptors (Lipinski definition) is 5. The molecule has 1 atom stereocenters. The fourth-order valence-corrected chi connectivity index (χ4v) is 3.07. The number of hydrazone groups is 1. The van der Waals surface area contributed by atoms with Crippen molar-refractivity contribution in [2.75, 3.05) is 6.61 Å². The van der Waals surface area contributed by atoms with Crippen LogP contribution in [0.25, 0.3) is 0 Å². The molecule has 6 nitrogen and oxygen atoms in total. The van der Waals surface area contributed by atoms with Crippen LogP contribution in [0.4, 0.5) is 0 Å². The fourth-order valence-electron chi connectivity index (χ4n) is 2.81. The Morgan fingerprint density at radius 3 is 2.73 bits per heavy atom. The second-order valence-corrected chi connectivity index (χ2v) is 6.85. The maximum absolute atomic E-state index is 12.7. The highest BCUT2D eigenvalue weighted by Crippen LogP contribution is 2.35. The van der Waals surface area contributed by atoms with Crippen LogP contribution in [0, 0.1) is 11.3 Å². The van der Waals surface area contributed by atoms with Gasteiger partial charge in [0.05, 0.1) is 5.56 Å². The quantitative estimate of drug-likeness (QED) is 0.833. The molecule has 0 saturated carbocycles. The van der Waals surface area contributed by atoms with Gasteiger partial charge in [-0.1, -0.05) is 40.2 Å². The van der Waals surface area contributed by atoms with Gasteiger partial charge in [0, 0.05) is 22.2 Å². The topological polar surface area (TPSA) is 85.9 Å². The van der Waals surface area contributed by atoms with Crippen LogP contribution in [0.3, 0.4) is 0 Å². The molecule has 132 valence electrons. The third-order valence-corrected chi connectivity index (χ3v) is 4.55. The smallest absolute Gasteiger partial charge is 0.283 e. The number of aliphatic hydroxyl groups is 1. The second-order valence-electron chi connectivity index (χ2n) is 5.94. The minimum absolute atomic E-state index is 0.217. The molecule has 0 saturated heterocycles. The average molecular weight is 414 g/mol. The summed E-state index contributed by atoms with van der Waals surface area (Å²) in [6.45, 7) is 1.41. The van der Waals surface area contributed by atoms with E-state index in [9.17, 15) is 9.90 Å². The van der Waals surface area contributed by atoms with Crippen LogP contribution in [0.2, 0.25) is 0 Å². The normalized spacial score (nSPS) is 19.0. The lowest BCUT2D eigenvalue weighted by Crippen LogP contribution is -2.45. The lowest BCUT2D eigenvalue weighted by molar-refractivity contribution is -0.159. The Kier molecular flexibility index (Phi) is 5.07. The fraction of sp³-hybridized carbons (Fsp3) is 0.211. The van der Waals surface area contributed by atoms with Crippen LogP contribution in [0.5, 0.6) is 5.75 Å². The molecule has 3 rings (SSSR count). The van der Waals surface area contributed by atoms with Gasteiger partial charge in [-0.3, -0.25) is 4.79 Å². The summed E-state index contributed by atoms with van der Waals surface area (Å²) in [5, 5.41) is 25.5. The summed E-state index contributed by atoms with van der Waals surface area (Å²) in [4.78, 5) is 12.7. The highest BCUT2D eigenvalue weighted by Gasteiger charge is 2.44. The molecule has 1 aliphatic heterocycles. The number of carbonyl (C=O) groups is 1. The van der Waals surface area contributed by atoms with E-state index in [2.05, 4.69) is 21.0 Å². The van der Waals surface area contributed by atoms with E-state index < -0.39 is 11.6 Å². The molecular formula is C19H16BrN3O3. The molecule has 0 bridgehead atoms. The van der Waals surface area contributed by atoms with Crippen LogP contribution in [0.15, 0.2) is 58.1 Å². The van der Waals surface area contributed by atoms with Gasteiger partial charge in [-0.25, -0.2) is 0 Å². The van der Waals surface area contributed by atoms with Gasteiger partial charge >= 0.3 is 0 Å². The van der Waals surface area contributed by atoms with Crippen molar-refractivity contribution in [3.05, 3.63) is 64.1 Å². The van der Waals surface area contributed by atoms with Crippen LogP contribution < -0.4 is 4.74 Å². The van der Waals surface area contributed by atoms with Gasteiger partial charge in [-0.05, 0) is 31.2 Å². The summed E-state index contributed by atoms with van der Waals surface area (Å²) < 4.78 is 6.35. The molecule has 26 heavy (non-hydrogen) atoms. The number of ether oxygens (including phenoxy) is 1. The Bertz CT molecular complexity index is 905. The predicted octanol–water partition coefficient (Wildman–Crippen LogP) is 3.15. The van der Waals surface area contributed by atoms with Gasteiger partial charge < -0.3 is 9.84 Å². The molecule has 1 amide bonds. The Labute approximate surface area is 159 Å². The molecule has 1 aliphatic rings. The molecule has 1 N–H and O–H groups in total. The van der Waals surface area contributed by atoms with Gasteiger partial charge in [-0.2, -0.15) is 15.4 Å². The van der Waals surface area contributed by atoms with Crippen molar-refractivity contribution < 1.29 is 14.6 Å². The number of para-hydroxylation sites is 1. The molecule has 0 radical (unpaired) electrons. The van der Waals surface area contributed by atoms with Crippen molar-refractivity contribution in [1.82, 2.24) is 5.01 Å². The van der Waals surface area contributed by atoms with Crippen molar-refractivity contribution in [2.24, 2.45) is 5.10 Å². The van der Waals surface area contributed by atoms with Gasteiger partial charge in [0.1, 0.15) is 11.8 Å². The monoisotopic (exact) mass is 413 g/mol. The zero-order chi connectivity index (χ0) is 18.7. The van der Waals surface area contributed by atoms with E-state index in [0.717, 1.165) is 9.48 Å². The van der Waals surface area contributed by atoms with Crippen molar-refractivity contribution in [3.63, 3.8) is 0 Å². The number of carbonyl (C=O) groups excluding carboxylic acids is 1. The molecule has 0 unspecified atom stereocenters. The molecule has 0 aromatic heterocycles. The number of hydrogen-bond donors (Lipinski definition) is 1. The number of nitriles is 1. The summed E-state index contributed by atoms with van der Waals surface area (Å²) in [5.41, 5.74) is -0.0159. The molecule has 1 heterocycles. The minimum atomic E-state index is -1.56. The largest absolute Gasteiger partial charge is 0.482 e. The number of halogens is 1. The average Bonchev–Trinajstić information content (AvgIpc) is 2.96. The van der Waals surface area contributed by atoms with E-state index in [4.69, 9.17) is 10.00 Å². The highest BCUT2D eigenvalue weighted by atomic mass is 79.9. The van der Waals surface area contributed by atoms with E-state index in [1.807, 2.05) is 6.07 Å². The van der Waals surface area contributed by atoms with Gasteiger partial charge in [-0.15, -0.1) is 0 Å². The Morgan fingerprint density at radius 2 is 2.04 bits per heavy atom. The number of amides is 1. The lowest BCUT2D eigenvalue weighted by Gasteiger charge is -2.31. The SMILES string of the molecule is CC1=NN(C(=O)COc2ccccc2C#N)[C@@](O)(c2ccc(Br)cc2)C1. The molecule has 7 heteroatoms. The standard InChI is InChI=1S/C19H16BrN3O3/c1-13-10-19(25,15-6-8-16(20)9-7-15)23(22-13)18(24)12-26-17-5-3-2-4-14(17)11-21/h2-9,25H,10,12H2,1H3/t19-/m0/s1. The third-order valence-electron chi connectivity index (χ3n) is 4.02. The number of rotatable bonds is 4. The molecule has 0 aliphatic carbocycles. The molecule has 2 aromatic carbocycles. The second kappa shape index (κ2) is 7.28. The van der Waals surface area contributed by atoms with Crippen LogP contribution in [0.1, 0.15) is 24.5 Å². The first-order valence-corrected chi connectivity index (χ1v) is 8.71. The van der Waals surface area contributed by atoms with Gasteiger partial charge in [0.15, 0.2) is 12.3 Å². The van der Waals surface area contributed by atoms with E-state index in [1.54, 1.807) is 55.5 Å². The zero-order valence-electron chi connectivity index (χ0n) is 14.0. The van der Waals surface area contributed by atoms with Gasteiger partial charge in [0.25, 0.3) is 5.91 Å². The van der Waals surface area contributed by atoms with Crippen LogP contribution in [-0.2, 0) is 10.5 Å². The number of nitrogens with zero attached hydrogens (tertiary/aromatic N) is 3. The van der Waals surface area contributed by atoms with Crippen molar-refractivity contribution in [3.8, 4) is 11.8 Å².